The average molecular weight is 284 g/mol. The van der Waals surface area contributed by atoms with Crippen molar-refractivity contribution in [3.05, 3.63) is 0 Å². The minimum Gasteiger partial charge on any atom is -0.444 e. The highest BCUT2D eigenvalue weighted by Gasteiger charge is 2.31. The Morgan fingerprint density at radius 1 is 1.47 bits per heavy atom. The number of hydrogen-bond donors (Lipinski definition) is 0. The summed E-state index contributed by atoms with van der Waals surface area (Å²) in [6.07, 6.45) is 6.42. The van der Waals surface area contributed by atoms with Gasteiger partial charge in [-0.2, -0.15) is 0 Å². The highest BCUT2D eigenvalue weighted by molar-refractivity contribution is 7.97. The molecule has 1 saturated heterocycles. The van der Waals surface area contributed by atoms with Gasteiger partial charge in [-0.15, -0.1) is 6.42 Å². The van der Waals surface area contributed by atoms with Gasteiger partial charge in [0.05, 0.1) is 12.6 Å². The summed E-state index contributed by atoms with van der Waals surface area (Å²) in [6, 6.07) is -0.0298. The van der Waals surface area contributed by atoms with Crippen molar-refractivity contribution in [1.82, 2.24) is 9.21 Å². The largest absolute Gasteiger partial charge is 0.444 e. The summed E-state index contributed by atoms with van der Waals surface area (Å²) in [5.41, 5.74) is -0.461. The average Bonchev–Trinajstić information content (AvgIpc) is 2.34. The number of nitrogens with zero attached hydrogens (tertiary/aromatic N) is 2. The molecule has 0 aromatic heterocycles. The number of rotatable bonds is 3. The fraction of sp³-hybridized carbons (Fsp3) is 0.786. The van der Waals surface area contributed by atoms with E-state index in [1.807, 2.05) is 20.8 Å². The lowest BCUT2D eigenvalue weighted by molar-refractivity contribution is 0.0170. The quantitative estimate of drug-likeness (QED) is 0.589. The van der Waals surface area contributed by atoms with Crippen LogP contribution < -0.4 is 0 Å². The molecule has 0 saturated carbocycles. The zero-order chi connectivity index (χ0) is 14.5. The standard InChI is InChI=1S/C14H24N2O2S/c1-6-10-19-16-9-8-15(11-12(16)7-2)13(17)18-14(3,4)5/h2,12H,6,8-11H2,1,3-5H3/t12-/m0/s1. The molecule has 1 aliphatic heterocycles. The minimum absolute atomic E-state index is 0.0298. The smallest absolute Gasteiger partial charge is 0.410 e. The summed E-state index contributed by atoms with van der Waals surface area (Å²) in [5.74, 6) is 3.83. The lowest BCUT2D eigenvalue weighted by Gasteiger charge is -2.38. The molecule has 0 aromatic rings. The Bertz CT molecular complexity index is 346. The maximum atomic E-state index is 12.0. The van der Waals surface area contributed by atoms with Crippen molar-refractivity contribution in [3.63, 3.8) is 0 Å². The molecule has 0 unspecified atom stereocenters. The van der Waals surface area contributed by atoms with Gasteiger partial charge < -0.3 is 9.64 Å². The van der Waals surface area contributed by atoms with E-state index in [1.165, 1.54) is 0 Å². The predicted molar refractivity (Wildman–Crippen MR) is 79.9 cm³/mol. The van der Waals surface area contributed by atoms with Crippen LogP contribution in [-0.2, 0) is 4.74 Å². The minimum atomic E-state index is -0.461. The molecule has 19 heavy (non-hydrogen) atoms. The number of hydrogen-bond acceptors (Lipinski definition) is 4. The molecule has 5 heteroatoms. The summed E-state index contributed by atoms with van der Waals surface area (Å²) in [7, 11) is 0. The number of carbonyl (C=O) groups excluding carboxylic acids is 1. The predicted octanol–water partition coefficient (Wildman–Crippen LogP) is 2.60. The molecule has 1 amide bonds. The van der Waals surface area contributed by atoms with Crippen LogP contribution in [0.25, 0.3) is 0 Å². The van der Waals surface area contributed by atoms with Crippen LogP contribution in [0.2, 0.25) is 0 Å². The van der Waals surface area contributed by atoms with Crippen molar-refractivity contribution < 1.29 is 9.53 Å². The molecule has 1 heterocycles. The van der Waals surface area contributed by atoms with Crippen LogP contribution in [0.5, 0.6) is 0 Å². The molecule has 1 fully saturated rings. The summed E-state index contributed by atoms with van der Waals surface area (Å²) in [5, 5.41) is 0. The summed E-state index contributed by atoms with van der Waals surface area (Å²) in [6.45, 7) is 9.77. The molecular formula is C14H24N2O2S. The number of terminal acetylenes is 1. The highest BCUT2D eigenvalue weighted by Crippen LogP contribution is 2.21. The Balaban J connectivity index is 2.54. The molecule has 0 bridgehead atoms. The number of amides is 1. The Morgan fingerprint density at radius 3 is 2.68 bits per heavy atom. The first kappa shape index (κ1) is 16.2. The van der Waals surface area contributed by atoms with Gasteiger partial charge >= 0.3 is 6.09 Å². The first-order valence-electron chi connectivity index (χ1n) is 6.71. The zero-order valence-electron chi connectivity index (χ0n) is 12.3. The fourth-order valence-electron chi connectivity index (χ4n) is 1.76. The van der Waals surface area contributed by atoms with Gasteiger partial charge in [0.25, 0.3) is 0 Å². The van der Waals surface area contributed by atoms with Crippen LogP contribution in [0.1, 0.15) is 34.1 Å². The second kappa shape index (κ2) is 7.06. The van der Waals surface area contributed by atoms with E-state index >= 15 is 0 Å². The van der Waals surface area contributed by atoms with Gasteiger partial charge in [0, 0.05) is 18.8 Å². The van der Waals surface area contributed by atoms with Crippen LogP contribution in [0.4, 0.5) is 4.79 Å². The van der Waals surface area contributed by atoms with Crippen molar-refractivity contribution >= 4 is 18.0 Å². The van der Waals surface area contributed by atoms with E-state index in [4.69, 9.17) is 11.2 Å². The molecule has 0 radical (unpaired) electrons. The maximum Gasteiger partial charge on any atom is 0.410 e. The van der Waals surface area contributed by atoms with Gasteiger partial charge in [-0.1, -0.05) is 24.8 Å². The van der Waals surface area contributed by atoms with Gasteiger partial charge in [-0.3, -0.25) is 0 Å². The molecule has 0 aromatic carbocycles. The second-order valence-electron chi connectivity index (χ2n) is 5.58. The topological polar surface area (TPSA) is 32.8 Å². The van der Waals surface area contributed by atoms with Gasteiger partial charge in [0.15, 0.2) is 0 Å². The maximum absolute atomic E-state index is 12.0. The van der Waals surface area contributed by atoms with Crippen molar-refractivity contribution in [1.29, 1.82) is 0 Å². The van der Waals surface area contributed by atoms with Crippen molar-refractivity contribution in [2.24, 2.45) is 0 Å². The van der Waals surface area contributed by atoms with Crippen LogP contribution >= 0.6 is 11.9 Å². The Kier molecular flexibility index (Phi) is 6.02. The monoisotopic (exact) mass is 284 g/mol. The molecule has 4 nitrogen and oxygen atoms in total. The van der Waals surface area contributed by atoms with E-state index < -0.39 is 5.60 Å². The molecule has 0 aliphatic carbocycles. The lowest BCUT2D eigenvalue weighted by atomic mass is 10.2. The Hall–Kier alpha value is -0.860. The Morgan fingerprint density at radius 2 is 2.16 bits per heavy atom. The van der Waals surface area contributed by atoms with E-state index in [0.717, 1.165) is 18.7 Å². The summed E-state index contributed by atoms with van der Waals surface area (Å²) < 4.78 is 7.58. The molecular weight excluding hydrogens is 260 g/mol. The van der Waals surface area contributed by atoms with Gasteiger partial charge in [0.2, 0.25) is 0 Å². The van der Waals surface area contributed by atoms with E-state index in [-0.39, 0.29) is 12.1 Å². The molecule has 0 N–H and O–H groups in total. The van der Waals surface area contributed by atoms with Gasteiger partial charge in [-0.05, 0) is 27.2 Å². The highest BCUT2D eigenvalue weighted by atomic mass is 32.2. The Labute approximate surface area is 121 Å². The normalized spacial score (nSPS) is 21.0. The number of carbonyl (C=O) groups is 1. The second-order valence-corrected chi connectivity index (χ2v) is 6.72. The lowest BCUT2D eigenvalue weighted by Crippen LogP contribution is -2.52. The van der Waals surface area contributed by atoms with E-state index in [1.54, 1.807) is 16.8 Å². The molecule has 0 spiro atoms. The molecule has 1 aliphatic rings. The molecule has 1 rings (SSSR count). The zero-order valence-corrected chi connectivity index (χ0v) is 13.1. The SMILES string of the molecule is C#C[C@H]1CN(C(=O)OC(C)(C)C)CCN1SCCC. The first-order chi connectivity index (χ1) is 8.87. The van der Waals surface area contributed by atoms with Gasteiger partial charge in [-0.25, -0.2) is 9.10 Å². The van der Waals surface area contributed by atoms with Crippen LogP contribution in [0, 0.1) is 12.3 Å². The molecule has 1 atom stereocenters. The number of ether oxygens (including phenoxy) is 1. The van der Waals surface area contributed by atoms with Crippen LogP contribution in [0.3, 0.4) is 0 Å². The van der Waals surface area contributed by atoms with Gasteiger partial charge in [0.1, 0.15) is 5.60 Å². The number of piperazine rings is 1. The van der Waals surface area contributed by atoms with E-state index in [0.29, 0.717) is 13.1 Å². The third kappa shape index (κ3) is 5.33. The summed E-state index contributed by atoms with van der Waals surface area (Å²) in [4.78, 5) is 13.7. The third-order valence-corrected chi connectivity index (χ3v) is 4.00. The fourth-order valence-corrected chi connectivity index (χ4v) is 2.69. The van der Waals surface area contributed by atoms with Crippen LogP contribution in [0.15, 0.2) is 0 Å². The van der Waals surface area contributed by atoms with Crippen molar-refractivity contribution in [3.8, 4) is 12.3 Å². The van der Waals surface area contributed by atoms with E-state index in [9.17, 15) is 4.79 Å². The first-order valence-corrected chi connectivity index (χ1v) is 7.65. The van der Waals surface area contributed by atoms with Crippen LogP contribution in [-0.4, -0.2) is 52.3 Å². The van der Waals surface area contributed by atoms with E-state index in [2.05, 4.69) is 17.1 Å². The van der Waals surface area contributed by atoms with Crippen molar-refractivity contribution in [2.45, 2.75) is 45.8 Å². The third-order valence-electron chi connectivity index (χ3n) is 2.64. The molecule has 108 valence electrons. The summed E-state index contributed by atoms with van der Waals surface area (Å²) >= 11 is 1.77. The van der Waals surface area contributed by atoms with Crippen molar-refractivity contribution in [2.75, 3.05) is 25.4 Å².